The van der Waals surface area contributed by atoms with E-state index in [0.29, 0.717) is 29.1 Å². The van der Waals surface area contributed by atoms with Crippen LogP contribution in [0.5, 0.6) is 0 Å². The molecule has 1 aliphatic heterocycles. The lowest BCUT2D eigenvalue weighted by molar-refractivity contribution is -0.133. The third-order valence-corrected chi connectivity index (χ3v) is 7.12. The molecule has 1 aliphatic carbocycles. The molecule has 4 rings (SSSR count). The van der Waals surface area contributed by atoms with Crippen LogP contribution in [-0.2, 0) is 14.4 Å². The molecule has 3 atom stereocenters. The second-order valence-electron chi connectivity index (χ2n) is 12.1. The normalized spacial score (nSPS) is 18.2. The number of aldehydes is 1. The Kier molecular flexibility index (Phi) is 13.6. The van der Waals surface area contributed by atoms with Gasteiger partial charge < -0.3 is 25.6 Å². The summed E-state index contributed by atoms with van der Waals surface area (Å²) in [5.74, 6) is -1.17. The zero-order valence-electron chi connectivity index (χ0n) is 25.5. The molecule has 0 spiro atoms. The maximum Gasteiger partial charge on any atom is 0.263 e. The number of para-hydroxylation sites is 1. The summed E-state index contributed by atoms with van der Waals surface area (Å²) in [6.45, 7) is 10.5. The van der Waals surface area contributed by atoms with Crippen LogP contribution in [0.4, 0.5) is 5.69 Å². The van der Waals surface area contributed by atoms with Crippen molar-refractivity contribution in [3.8, 4) is 6.07 Å². The summed E-state index contributed by atoms with van der Waals surface area (Å²) in [5.41, 5.74) is 1.66. The van der Waals surface area contributed by atoms with Crippen molar-refractivity contribution >= 4 is 41.0 Å². The van der Waals surface area contributed by atoms with Crippen LogP contribution in [0, 0.1) is 35.5 Å². The van der Waals surface area contributed by atoms with Crippen molar-refractivity contribution in [2.75, 3.05) is 25.5 Å². The highest BCUT2D eigenvalue weighted by atomic mass is 32.1. The van der Waals surface area contributed by atoms with Crippen molar-refractivity contribution in [3.05, 3.63) is 46.4 Å². The Bertz CT molecular complexity index is 1210. The van der Waals surface area contributed by atoms with Gasteiger partial charge in [-0.05, 0) is 43.2 Å². The highest BCUT2D eigenvalue weighted by Gasteiger charge is 2.36. The summed E-state index contributed by atoms with van der Waals surface area (Å²) in [4.78, 5) is 54.3. The Labute approximate surface area is 253 Å². The second-order valence-corrected chi connectivity index (χ2v) is 13.3. The molecule has 1 aromatic heterocycles. The van der Waals surface area contributed by atoms with Crippen LogP contribution in [0.1, 0.15) is 68.1 Å². The first kappa shape index (κ1) is 34.4. The van der Waals surface area contributed by atoms with Crippen LogP contribution in [-0.4, -0.2) is 66.1 Å². The average Bonchev–Trinajstić information content (AvgIpc) is 3.49. The van der Waals surface area contributed by atoms with Crippen molar-refractivity contribution in [3.63, 3.8) is 0 Å². The Morgan fingerprint density at radius 1 is 1.19 bits per heavy atom. The van der Waals surface area contributed by atoms with E-state index in [0.717, 1.165) is 29.8 Å². The van der Waals surface area contributed by atoms with Gasteiger partial charge in [-0.3, -0.25) is 14.4 Å². The van der Waals surface area contributed by atoms with E-state index in [2.05, 4.69) is 48.6 Å². The molecule has 228 valence electrons. The van der Waals surface area contributed by atoms with Gasteiger partial charge in [0.2, 0.25) is 11.8 Å². The summed E-state index contributed by atoms with van der Waals surface area (Å²) in [7, 11) is 1.91. The topological polar surface area (TPSA) is 144 Å². The first-order valence-corrected chi connectivity index (χ1v) is 15.0. The monoisotopic (exact) mass is 596 g/mol. The van der Waals surface area contributed by atoms with Gasteiger partial charge in [-0.15, -0.1) is 11.3 Å². The van der Waals surface area contributed by atoms with Gasteiger partial charge in [0.05, 0.1) is 23.8 Å². The Morgan fingerprint density at radius 3 is 2.31 bits per heavy atom. The molecule has 10 nitrogen and oxygen atoms in total. The highest BCUT2D eigenvalue weighted by molar-refractivity contribution is 7.13. The molecule has 3 unspecified atom stereocenters. The number of aromatic nitrogens is 1. The lowest BCUT2D eigenvalue weighted by Gasteiger charge is -2.21. The minimum atomic E-state index is -0.738. The third kappa shape index (κ3) is 12.8. The van der Waals surface area contributed by atoms with Gasteiger partial charge in [-0.1, -0.05) is 58.7 Å². The second kappa shape index (κ2) is 16.6. The number of rotatable bonds is 9. The number of carbonyl (C=O) groups excluding carboxylic acids is 4. The Balaban J connectivity index is 0.000000391. The molecule has 0 bridgehead atoms. The number of nitrogens with zero attached hydrogens (tertiary/aromatic N) is 3. The van der Waals surface area contributed by atoms with Crippen LogP contribution in [0.25, 0.3) is 0 Å². The zero-order valence-corrected chi connectivity index (χ0v) is 26.3. The van der Waals surface area contributed by atoms with Crippen LogP contribution >= 0.6 is 11.3 Å². The van der Waals surface area contributed by atoms with E-state index in [9.17, 15) is 24.4 Å². The van der Waals surface area contributed by atoms with Crippen molar-refractivity contribution in [2.45, 2.75) is 72.4 Å². The number of benzene rings is 1. The van der Waals surface area contributed by atoms with E-state index in [1.54, 1.807) is 6.92 Å². The van der Waals surface area contributed by atoms with Crippen molar-refractivity contribution < 1.29 is 19.2 Å². The minimum absolute atomic E-state index is 0.184. The van der Waals surface area contributed by atoms with Crippen molar-refractivity contribution in [2.24, 2.45) is 17.3 Å². The first-order chi connectivity index (χ1) is 19.8. The number of amides is 3. The molecular formula is C31H44N6O4S. The fourth-order valence-electron chi connectivity index (χ4n) is 3.97. The number of nitrogens with one attached hydrogen (secondary N) is 3. The van der Waals surface area contributed by atoms with Gasteiger partial charge in [-0.2, -0.15) is 5.26 Å². The van der Waals surface area contributed by atoms with Gasteiger partial charge in [0, 0.05) is 25.2 Å². The molecular weight excluding hydrogens is 552 g/mol. The molecule has 2 fully saturated rings. The molecule has 3 N–H and O–H groups in total. The quantitative estimate of drug-likeness (QED) is 0.368. The number of thiazole rings is 1. The first-order valence-electron chi connectivity index (χ1n) is 14.2. The molecule has 1 saturated carbocycles. The summed E-state index contributed by atoms with van der Waals surface area (Å²) in [6.07, 6.45) is 5.09. The molecule has 3 amide bonds. The lowest BCUT2D eigenvalue weighted by atomic mass is 10.0. The average molecular weight is 597 g/mol. The standard InChI is InChI=1S/C19H23N5O4S.C7H9N.C5H12/c1-11-21-7-16(29-11)19(28)23-15(5-12-2-3-12)18(27)22-8-17(26)24-9-13(10-25)4-14(24)6-20;1-8-7-5-3-2-4-6-7;1-5(2,3)4/h7,10,12-15H,2-5,8-9H2,1H3,(H,22,27)(H,23,28);2-6,8H,1H3;1-4H3. The van der Waals surface area contributed by atoms with Gasteiger partial charge >= 0.3 is 0 Å². The van der Waals surface area contributed by atoms with Gasteiger partial charge in [-0.25, -0.2) is 4.98 Å². The predicted octanol–water partition coefficient (Wildman–Crippen LogP) is 4.19. The minimum Gasteiger partial charge on any atom is -0.388 e. The molecule has 0 radical (unpaired) electrons. The smallest absolute Gasteiger partial charge is 0.263 e. The van der Waals surface area contributed by atoms with Gasteiger partial charge in [0.15, 0.2) is 0 Å². The Hall–Kier alpha value is -3.78. The van der Waals surface area contributed by atoms with E-state index >= 15 is 0 Å². The van der Waals surface area contributed by atoms with E-state index in [4.69, 9.17) is 0 Å². The molecule has 42 heavy (non-hydrogen) atoms. The molecule has 2 aromatic rings. The molecule has 1 aromatic carbocycles. The van der Waals surface area contributed by atoms with Gasteiger partial charge in [0.1, 0.15) is 23.2 Å². The third-order valence-electron chi connectivity index (χ3n) is 6.20. The van der Waals surface area contributed by atoms with E-state index in [-0.39, 0.29) is 24.9 Å². The summed E-state index contributed by atoms with van der Waals surface area (Å²) >= 11 is 1.25. The largest absolute Gasteiger partial charge is 0.388 e. The lowest BCUT2D eigenvalue weighted by Crippen LogP contribution is -2.50. The SMILES string of the molecule is CC(C)(C)C.CNc1ccccc1.Cc1ncc(C(=O)NC(CC2CC2)C(=O)NCC(=O)N2CC(C=O)CC2C#N)s1. The maximum atomic E-state index is 12.6. The van der Waals surface area contributed by atoms with E-state index in [1.165, 1.54) is 22.4 Å². The molecule has 2 aliphatic rings. The van der Waals surface area contributed by atoms with Gasteiger partial charge in [0.25, 0.3) is 5.91 Å². The van der Waals surface area contributed by atoms with Crippen molar-refractivity contribution in [1.82, 2.24) is 20.5 Å². The summed E-state index contributed by atoms with van der Waals surface area (Å²) in [5, 5.41) is 18.3. The maximum absolute atomic E-state index is 12.6. The van der Waals surface area contributed by atoms with E-state index < -0.39 is 23.9 Å². The van der Waals surface area contributed by atoms with Crippen molar-refractivity contribution in [1.29, 1.82) is 5.26 Å². The number of hydrogen-bond acceptors (Lipinski definition) is 8. The fourth-order valence-corrected chi connectivity index (χ4v) is 4.65. The molecule has 1 saturated heterocycles. The molecule has 11 heteroatoms. The van der Waals surface area contributed by atoms with Crippen LogP contribution in [0.2, 0.25) is 0 Å². The number of hydrogen-bond donors (Lipinski definition) is 3. The highest BCUT2D eigenvalue weighted by Crippen LogP contribution is 2.33. The van der Waals surface area contributed by atoms with Crippen LogP contribution < -0.4 is 16.0 Å². The number of nitriles is 1. The fraction of sp³-hybridized carbons (Fsp3) is 0.548. The zero-order chi connectivity index (χ0) is 31.3. The Morgan fingerprint density at radius 2 is 1.83 bits per heavy atom. The number of likely N-dealkylation sites (tertiary alicyclic amines) is 1. The van der Waals surface area contributed by atoms with Crippen LogP contribution in [0.3, 0.4) is 0 Å². The predicted molar refractivity (Wildman–Crippen MR) is 165 cm³/mol. The molecule has 2 heterocycles. The summed E-state index contributed by atoms with van der Waals surface area (Å²) in [6, 6.07) is 10.7. The summed E-state index contributed by atoms with van der Waals surface area (Å²) < 4.78 is 0. The number of anilines is 1. The number of carbonyl (C=O) groups is 4. The van der Waals surface area contributed by atoms with Crippen LogP contribution in [0.15, 0.2) is 36.5 Å². The van der Waals surface area contributed by atoms with E-state index in [1.807, 2.05) is 43.4 Å². The number of aryl methyl sites for hydroxylation is 1.